The van der Waals surface area contributed by atoms with Gasteiger partial charge in [-0.1, -0.05) is 6.42 Å². The molecular formula is C13H21Cl2N3OS. The minimum Gasteiger partial charge on any atom is -0.337 e. The van der Waals surface area contributed by atoms with Gasteiger partial charge in [-0.25, -0.2) is 4.98 Å². The number of hydrogen-bond donors (Lipinski definition) is 1. The van der Waals surface area contributed by atoms with Crippen LogP contribution in [0.5, 0.6) is 0 Å². The van der Waals surface area contributed by atoms with Crippen LogP contribution >= 0.6 is 36.2 Å². The first-order chi connectivity index (χ1) is 8.66. The fourth-order valence-electron chi connectivity index (χ4n) is 3.33. The van der Waals surface area contributed by atoms with E-state index in [0.717, 1.165) is 30.1 Å². The van der Waals surface area contributed by atoms with Crippen LogP contribution in [0.4, 0.5) is 0 Å². The maximum absolute atomic E-state index is 12.4. The van der Waals surface area contributed by atoms with Crippen molar-refractivity contribution in [3.05, 3.63) is 16.1 Å². The van der Waals surface area contributed by atoms with Crippen molar-refractivity contribution in [1.82, 2.24) is 9.88 Å². The SMILES string of the molecule is Cc1ncsc1C(=O)N1CC2CCCC(N)C2C1.Cl.Cl. The van der Waals surface area contributed by atoms with Crippen molar-refractivity contribution in [3.63, 3.8) is 0 Å². The summed E-state index contributed by atoms with van der Waals surface area (Å²) in [5, 5.41) is 0. The molecular weight excluding hydrogens is 317 g/mol. The van der Waals surface area contributed by atoms with Gasteiger partial charge in [0.15, 0.2) is 0 Å². The Labute approximate surface area is 135 Å². The van der Waals surface area contributed by atoms with Gasteiger partial charge in [0.25, 0.3) is 5.91 Å². The molecule has 1 amide bonds. The van der Waals surface area contributed by atoms with Gasteiger partial charge in [-0.15, -0.1) is 36.2 Å². The van der Waals surface area contributed by atoms with Crippen LogP contribution in [0.25, 0.3) is 0 Å². The van der Waals surface area contributed by atoms with Crippen LogP contribution in [0.1, 0.15) is 34.6 Å². The summed E-state index contributed by atoms with van der Waals surface area (Å²) in [6.07, 6.45) is 3.55. The van der Waals surface area contributed by atoms with E-state index in [9.17, 15) is 4.79 Å². The van der Waals surface area contributed by atoms with Crippen LogP contribution in [0.2, 0.25) is 0 Å². The molecule has 1 saturated carbocycles. The molecule has 0 radical (unpaired) electrons. The van der Waals surface area contributed by atoms with Gasteiger partial charge in [0.2, 0.25) is 0 Å². The molecule has 2 N–H and O–H groups in total. The van der Waals surface area contributed by atoms with E-state index in [2.05, 4.69) is 4.98 Å². The zero-order valence-electron chi connectivity index (χ0n) is 11.4. The number of aryl methyl sites for hydroxylation is 1. The smallest absolute Gasteiger partial charge is 0.265 e. The molecule has 3 unspecified atom stereocenters. The minimum atomic E-state index is 0. The zero-order valence-corrected chi connectivity index (χ0v) is 13.9. The van der Waals surface area contributed by atoms with Gasteiger partial charge < -0.3 is 10.6 Å². The molecule has 1 aromatic heterocycles. The highest BCUT2D eigenvalue weighted by molar-refractivity contribution is 7.11. The highest BCUT2D eigenvalue weighted by Gasteiger charge is 2.40. The maximum atomic E-state index is 12.4. The average Bonchev–Trinajstić information content (AvgIpc) is 2.95. The number of amides is 1. The van der Waals surface area contributed by atoms with E-state index in [4.69, 9.17) is 5.73 Å². The van der Waals surface area contributed by atoms with Crippen molar-refractivity contribution in [2.45, 2.75) is 32.2 Å². The largest absolute Gasteiger partial charge is 0.337 e. The maximum Gasteiger partial charge on any atom is 0.265 e. The van der Waals surface area contributed by atoms with Crippen molar-refractivity contribution in [2.75, 3.05) is 13.1 Å². The molecule has 0 spiro atoms. The summed E-state index contributed by atoms with van der Waals surface area (Å²) in [6.45, 7) is 3.62. The van der Waals surface area contributed by atoms with Gasteiger partial charge >= 0.3 is 0 Å². The molecule has 2 heterocycles. The quantitative estimate of drug-likeness (QED) is 0.856. The summed E-state index contributed by atoms with van der Waals surface area (Å²) in [5.41, 5.74) is 8.78. The first-order valence-electron chi connectivity index (χ1n) is 6.61. The number of rotatable bonds is 1. The van der Waals surface area contributed by atoms with E-state index in [1.165, 1.54) is 24.2 Å². The molecule has 0 bridgehead atoms. The van der Waals surface area contributed by atoms with E-state index in [0.29, 0.717) is 11.8 Å². The van der Waals surface area contributed by atoms with Gasteiger partial charge in [-0.05, 0) is 31.6 Å². The molecule has 4 nitrogen and oxygen atoms in total. The fourth-order valence-corrected chi connectivity index (χ4v) is 4.10. The highest BCUT2D eigenvalue weighted by Crippen LogP contribution is 2.36. The molecule has 3 atom stereocenters. The first kappa shape index (κ1) is 17.7. The molecule has 1 aliphatic carbocycles. The number of fused-ring (bicyclic) bond motifs is 1. The summed E-state index contributed by atoms with van der Waals surface area (Å²) in [4.78, 5) is 19.4. The number of hydrogen-bond acceptors (Lipinski definition) is 4. The summed E-state index contributed by atoms with van der Waals surface area (Å²) >= 11 is 1.45. The van der Waals surface area contributed by atoms with Gasteiger partial charge in [-0.3, -0.25) is 4.79 Å². The Balaban J connectivity index is 0.000001000. The lowest BCUT2D eigenvalue weighted by atomic mass is 9.78. The van der Waals surface area contributed by atoms with Crippen molar-refractivity contribution < 1.29 is 4.79 Å². The third-order valence-electron chi connectivity index (χ3n) is 4.38. The Hall–Kier alpha value is -0.360. The van der Waals surface area contributed by atoms with E-state index in [1.54, 1.807) is 5.51 Å². The molecule has 1 aromatic rings. The molecule has 0 aromatic carbocycles. The Morgan fingerprint density at radius 1 is 1.40 bits per heavy atom. The topological polar surface area (TPSA) is 59.2 Å². The van der Waals surface area contributed by atoms with Crippen LogP contribution < -0.4 is 5.73 Å². The molecule has 2 aliphatic rings. The normalized spacial score (nSPS) is 28.3. The van der Waals surface area contributed by atoms with E-state index < -0.39 is 0 Å². The molecule has 3 rings (SSSR count). The van der Waals surface area contributed by atoms with Gasteiger partial charge in [0.05, 0.1) is 11.2 Å². The highest BCUT2D eigenvalue weighted by atomic mass is 35.5. The lowest BCUT2D eigenvalue weighted by molar-refractivity contribution is 0.0787. The second-order valence-corrected chi connectivity index (χ2v) is 6.35. The van der Waals surface area contributed by atoms with Crippen LogP contribution in [0, 0.1) is 18.8 Å². The number of likely N-dealkylation sites (tertiary alicyclic amines) is 1. The van der Waals surface area contributed by atoms with Gasteiger partial charge in [0.1, 0.15) is 4.88 Å². The predicted molar refractivity (Wildman–Crippen MR) is 86.1 cm³/mol. The third-order valence-corrected chi connectivity index (χ3v) is 5.30. The van der Waals surface area contributed by atoms with Crippen molar-refractivity contribution in [3.8, 4) is 0 Å². The van der Waals surface area contributed by atoms with Crippen molar-refractivity contribution in [2.24, 2.45) is 17.6 Å². The zero-order chi connectivity index (χ0) is 12.7. The van der Waals surface area contributed by atoms with E-state index in [-0.39, 0.29) is 36.8 Å². The Morgan fingerprint density at radius 2 is 2.15 bits per heavy atom. The number of aromatic nitrogens is 1. The molecule has 7 heteroatoms. The monoisotopic (exact) mass is 337 g/mol. The van der Waals surface area contributed by atoms with Crippen LogP contribution in [-0.4, -0.2) is 34.9 Å². The standard InChI is InChI=1S/C13H19N3OS.2ClH/c1-8-12(18-7-15-8)13(17)16-5-9-3-2-4-11(14)10(9)6-16;;/h7,9-11H,2-6,14H2,1H3;2*1H. The fraction of sp³-hybridized carbons (Fsp3) is 0.692. The van der Waals surface area contributed by atoms with Gasteiger partial charge in [-0.2, -0.15) is 0 Å². The number of nitrogens with zero attached hydrogens (tertiary/aromatic N) is 2. The molecule has 114 valence electrons. The summed E-state index contributed by atoms with van der Waals surface area (Å²) in [7, 11) is 0. The lowest BCUT2D eigenvalue weighted by Gasteiger charge is -2.29. The number of carbonyl (C=O) groups excluding carboxylic acids is 1. The number of carbonyl (C=O) groups is 1. The van der Waals surface area contributed by atoms with E-state index >= 15 is 0 Å². The minimum absolute atomic E-state index is 0. The van der Waals surface area contributed by atoms with Gasteiger partial charge in [0, 0.05) is 19.1 Å². The lowest BCUT2D eigenvalue weighted by Crippen LogP contribution is -2.38. The summed E-state index contributed by atoms with van der Waals surface area (Å²) < 4.78 is 0. The molecule has 20 heavy (non-hydrogen) atoms. The summed E-state index contributed by atoms with van der Waals surface area (Å²) in [5.74, 6) is 1.28. The number of halogens is 2. The van der Waals surface area contributed by atoms with Crippen LogP contribution in [0.3, 0.4) is 0 Å². The second-order valence-electron chi connectivity index (χ2n) is 5.50. The Bertz CT molecular complexity index is 468. The summed E-state index contributed by atoms with van der Waals surface area (Å²) in [6, 6.07) is 0.282. The molecule has 1 aliphatic heterocycles. The van der Waals surface area contributed by atoms with Crippen molar-refractivity contribution in [1.29, 1.82) is 0 Å². The first-order valence-corrected chi connectivity index (χ1v) is 7.49. The number of nitrogens with two attached hydrogens (primary N) is 1. The molecule has 1 saturated heterocycles. The third kappa shape index (κ3) is 3.11. The second kappa shape index (κ2) is 7.07. The Kier molecular flexibility index (Phi) is 6.25. The van der Waals surface area contributed by atoms with E-state index in [1.807, 2.05) is 11.8 Å². The number of thiazole rings is 1. The van der Waals surface area contributed by atoms with Crippen LogP contribution in [0.15, 0.2) is 5.51 Å². The molecule has 2 fully saturated rings. The van der Waals surface area contributed by atoms with Crippen molar-refractivity contribution >= 4 is 42.1 Å². The predicted octanol–water partition coefficient (Wildman–Crippen LogP) is 2.49. The van der Waals surface area contributed by atoms with Crippen LogP contribution in [-0.2, 0) is 0 Å². The Morgan fingerprint density at radius 3 is 2.75 bits per heavy atom. The average molecular weight is 338 g/mol.